The van der Waals surface area contributed by atoms with Crippen LogP contribution in [-0.4, -0.2) is 17.1 Å². The van der Waals surface area contributed by atoms with Crippen molar-refractivity contribution in [3.63, 3.8) is 0 Å². The third-order valence-corrected chi connectivity index (χ3v) is 3.45. The van der Waals surface area contributed by atoms with Crippen LogP contribution >= 0.6 is 0 Å². The van der Waals surface area contributed by atoms with Crippen LogP contribution in [0.1, 0.15) is 36.8 Å². The molecule has 3 heteroatoms. The first kappa shape index (κ1) is 11.4. The first-order valence-corrected chi connectivity index (χ1v) is 6.10. The maximum Gasteiger partial charge on any atom is 0.0432 e. The molecule has 0 amide bonds. The molecule has 2 rings (SSSR count). The number of anilines is 1. The Balaban J connectivity index is 2.04. The van der Waals surface area contributed by atoms with E-state index < -0.39 is 0 Å². The van der Waals surface area contributed by atoms with Gasteiger partial charge in [-0.25, -0.2) is 0 Å². The summed E-state index contributed by atoms with van der Waals surface area (Å²) in [5.74, 6) is 0. The lowest BCUT2D eigenvalue weighted by Crippen LogP contribution is -2.33. The molecule has 1 aliphatic rings. The third kappa shape index (κ3) is 2.53. The molecule has 0 spiro atoms. The minimum Gasteiger partial charge on any atom is -0.382 e. The normalized spacial score (nSPS) is 25.4. The molecular formula is C13H21N3. The minimum atomic E-state index is 0.415. The molecule has 0 radical (unpaired) electrons. The molecule has 1 fully saturated rings. The van der Waals surface area contributed by atoms with Gasteiger partial charge in [-0.15, -0.1) is 0 Å². The predicted octanol–water partition coefficient (Wildman–Crippen LogP) is 2.38. The van der Waals surface area contributed by atoms with E-state index in [1.807, 2.05) is 12.4 Å². The molecule has 1 aromatic heterocycles. The second-order valence-corrected chi connectivity index (χ2v) is 4.90. The second-order valence-electron chi connectivity index (χ2n) is 4.90. The number of hydrogen-bond acceptors (Lipinski definition) is 3. The van der Waals surface area contributed by atoms with Crippen LogP contribution in [0.2, 0.25) is 0 Å². The van der Waals surface area contributed by atoms with E-state index in [0.717, 1.165) is 12.8 Å². The molecule has 0 atom stereocenters. The standard InChI is InChI=1S/C13H21N3/c1-9-7-15-8-10(2)13(9)16-12-5-3-11(14)4-6-12/h7-8,11-12H,3-6,14H2,1-2H3,(H,15,16). The molecule has 0 saturated heterocycles. The van der Waals surface area contributed by atoms with Crippen molar-refractivity contribution in [3.8, 4) is 0 Å². The average Bonchev–Trinajstić information content (AvgIpc) is 2.26. The van der Waals surface area contributed by atoms with Crippen LogP contribution in [0.15, 0.2) is 12.4 Å². The first-order chi connectivity index (χ1) is 7.66. The van der Waals surface area contributed by atoms with E-state index in [9.17, 15) is 0 Å². The van der Waals surface area contributed by atoms with Gasteiger partial charge >= 0.3 is 0 Å². The zero-order valence-electron chi connectivity index (χ0n) is 10.2. The van der Waals surface area contributed by atoms with Gasteiger partial charge in [0.05, 0.1) is 0 Å². The lowest BCUT2D eigenvalue weighted by Gasteiger charge is -2.28. The summed E-state index contributed by atoms with van der Waals surface area (Å²) in [5.41, 5.74) is 9.63. The number of nitrogens with one attached hydrogen (secondary N) is 1. The van der Waals surface area contributed by atoms with Crippen LogP contribution < -0.4 is 11.1 Å². The summed E-state index contributed by atoms with van der Waals surface area (Å²) in [6.07, 6.45) is 8.49. The molecule has 1 heterocycles. The summed E-state index contributed by atoms with van der Waals surface area (Å²) < 4.78 is 0. The molecule has 16 heavy (non-hydrogen) atoms. The van der Waals surface area contributed by atoms with Crippen molar-refractivity contribution < 1.29 is 0 Å². The van der Waals surface area contributed by atoms with Gasteiger partial charge in [-0.05, 0) is 50.7 Å². The molecule has 3 N–H and O–H groups in total. The number of aryl methyl sites for hydroxylation is 2. The van der Waals surface area contributed by atoms with Gasteiger partial charge in [0.2, 0.25) is 0 Å². The predicted molar refractivity (Wildman–Crippen MR) is 67.6 cm³/mol. The Morgan fingerprint density at radius 2 is 1.69 bits per heavy atom. The smallest absolute Gasteiger partial charge is 0.0432 e. The molecule has 0 bridgehead atoms. The van der Waals surface area contributed by atoms with E-state index in [1.54, 1.807) is 0 Å². The molecule has 0 unspecified atom stereocenters. The van der Waals surface area contributed by atoms with Crippen molar-refractivity contribution >= 4 is 5.69 Å². The van der Waals surface area contributed by atoms with E-state index in [4.69, 9.17) is 5.73 Å². The quantitative estimate of drug-likeness (QED) is 0.803. The highest BCUT2D eigenvalue weighted by Crippen LogP contribution is 2.24. The van der Waals surface area contributed by atoms with Crippen LogP contribution in [0.4, 0.5) is 5.69 Å². The van der Waals surface area contributed by atoms with Gasteiger partial charge in [0.1, 0.15) is 0 Å². The highest BCUT2D eigenvalue weighted by atomic mass is 14.9. The van der Waals surface area contributed by atoms with Crippen LogP contribution in [0.3, 0.4) is 0 Å². The minimum absolute atomic E-state index is 0.415. The number of hydrogen-bond donors (Lipinski definition) is 2. The molecule has 1 aromatic rings. The fourth-order valence-corrected chi connectivity index (χ4v) is 2.40. The monoisotopic (exact) mass is 219 g/mol. The Bertz CT molecular complexity index is 334. The van der Waals surface area contributed by atoms with Gasteiger partial charge in [-0.2, -0.15) is 0 Å². The fourth-order valence-electron chi connectivity index (χ4n) is 2.40. The summed E-state index contributed by atoms with van der Waals surface area (Å²) in [7, 11) is 0. The van der Waals surface area contributed by atoms with Crippen molar-refractivity contribution in [2.24, 2.45) is 5.73 Å². The molecule has 88 valence electrons. The van der Waals surface area contributed by atoms with E-state index in [2.05, 4.69) is 24.1 Å². The number of aromatic nitrogens is 1. The highest BCUT2D eigenvalue weighted by molar-refractivity contribution is 5.55. The largest absolute Gasteiger partial charge is 0.382 e. The summed E-state index contributed by atoms with van der Waals surface area (Å²) in [6.45, 7) is 4.22. The molecule has 1 saturated carbocycles. The number of pyridine rings is 1. The molecule has 1 aliphatic carbocycles. The molecule has 0 aliphatic heterocycles. The Morgan fingerprint density at radius 3 is 2.25 bits per heavy atom. The fraction of sp³-hybridized carbons (Fsp3) is 0.615. The van der Waals surface area contributed by atoms with Crippen molar-refractivity contribution in [1.29, 1.82) is 0 Å². The summed E-state index contributed by atoms with van der Waals surface area (Å²) in [4.78, 5) is 4.19. The molecule has 0 aromatic carbocycles. The highest BCUT2D eigenvalue weighted by Gasteiger charge is 2.19. The lowest BCUT2D eigenvalue weighted by atomic mass is 9.91. The van der Waals surface area contributed by atoms with Gasteiger partial charge < -0.3 is 11.1 Å². The van der Waals surface area contributed by atoms with Crippen LogP contribution in [0, 0.1) is 13.8 Å². The topological polar surface area (TPSA) is 50.9 Å². The lowest BCUT2D eigenvalue weighted by molar-refractivity contribution is 0.411. The maximum atomic E-state index is 5.91. The van der Waals surface area contributed by atoms with Crippen molar-refractivity contribution in [1.82, 2.24) is 4.98 Å². The van der Waals surface area contributed by atoms with Gasteiger partial charge in [0, 0.05) is 30.2 Å². The van der Waals surface area contributed by atoms with Crippen LogP contribution in [0.25, 0.3) is 0 Å². The van der Waals surface area contributed by atoms with Gasteiger partial charge in [-0.1, -0.05) is 0 Å². The second kappa shape index (κ2) is 4.83. The molecular weight excluding hydrogens is 198 g/mol. The maximum absolute atomic E-state index is 5.91. The zero-order valence-corrected chi connectivity index (χ0v) is 10.2. The third-order valence-electron chi connectivity index (χ3n) is 3.45. The van der Waals surface area contributed by atoms with E-state index >= 15 is 0 Å². The summed E-state index contributed by atoms with van der Waals surface area (Å²) >= 11 is 0. The average molecular weight is 219 g/mol. The Hall–Kier alpha value is -1.09. The van der Waals surface area contributed by atoms with Crippen molar-refractivity contribution in [2.45, 2.75) is 51.6 Å². The van der Waals surface area contributed by atoms with E-state index in [0.29, 0.717) is 12.1 Å². The number of nitrogens with two attached hydrogens (primary N) is 1. The summed E-state index contributed by atoms with van der Waals surface area (Å²) in [6, 6.07) is 0.997. The van der Waals surface area contributed by atoms with Crippen molar-refractivity contribution in [2.75, 3.05) is 5.32 Å². The number of nitrogens with zero attached hydrogens (tertiary/aromatic N) is 1. The Kier molecular flexibility index (Phi) is 3.44. The van der Waals surface area contributed by atoms with E-state index in [-0.39, 0.29) is 0 Å². The Morgan fingerprint density at radius 1 is 1.12 bits per heavy atom. The van der Waals surface area contributed by atoms with Gasteiger partial charge in [0.25, 0.3) is 0 Å². The zero-order chi connectivity index (χ0) is 11.5. The van der Waals surface area contributed by atoms with Gasteiger partial charge in [-0.3, -0.25) is 4.98 Å². The first-order valence-electron chi connectivity index (χ1n) is 6.10. The summed E-state index contributed by atoms with van der Waals surface area (Å²) in [5, 5.41) is 3.64. The number of rotatable bonds is 2. The van der Waals surface area contributed by atoms with Crippen LogP contribution in [-0.2, 0) is 0 Å². The Labute approximate surface area is 97.5 Å². The van der Waals surface area contributed by atoms with Crippen molar-refractivity contribution in [3.05, 3.63) is 23.5 Å². The van der Waals surface area contributed by atoms with Crippen LogP contribution in [0.5, 0.6) is 0 Å². The van der Waals surface area contributed by atoms with E-state index in [1.165, 1.54) is 29.7 Å². The van der Waals surface area contributed by atoms with Gasteiger partial charge in [0.15, 0.2) is 0 Å². The molecule has 3 nitrogen and oxygen atoms in total. The SMILES string of the molecule is Cc1cncc(C)c1NC1CCC(N)CC1.